The number of alkyl halides is 3. The summed E-state index contributed by atoms with van der Waals surface area (Å²) in [6.45, 7) is 2.93. The SMILES string of the molecule is Cc1ccccc1-n1ncc(C(=O)NCC(C)O)c1C(F)(F)F. The molecule has 1 atom stereocenters. The molecular formula is C15H16F3N3O2. The Balaban J connectivity index is 2.51. The van der Waals surface area contributed by atoms with Crippen molar-refractivity contribution in [3.8, 4) is 5.69 Å². The Labute approximate surface area is 130 Å². The molecule has 124 valence electrons. The van der Waals surface area contributed by atoms with E-state index >= 15 is 0 Å². The van der Waals surface area contributed by atoms with Crippen LogP contribution in [0.4, 0.5) is 13.2 Å². The van der Waals surface area contributed by atoms with Crippen LogP contribution in [-0.4, -0.2) is 33.4 Å². The lowest BCUT2D eigenvalue weighted by Gasteiger charge is -2.14. The predicted octanol–water partition coefficient (Wildman–Crippen LogP) is 2.31. The Kier molecular flexibility index (Phi) is 4.74. The fourth-order valence-corrected chi connectivity index (χ4v) is 2.11. The molecule has 0 radical (unpaired) electrons. The number of para-hydroxylation sites is 1. The second kappa shape index (κ2) is 6.41. The highest BCUT2D eigenvalue weighted by atomic mass is 19.4. The van der Waals surface area contributed by atoms with Gasteiger partial charge in [-0.2, -0.15) is 18.3 Å². The number of aryl methyl sites for hydroxylation is 1. The number of aromatic nitrogens is 2. The summed E-state index contributed by atoms with van der Waals surface area (Å²) >= 11 is 0. The monoisotopic (exact) mass is 327 g/mol. The fourth-order valence-electron chi connectivity index (χ4n) is 2.11. The lowest BCUT2D eigenvalue weighted by molar-refractivity contribution is -0.143. The van der Waals surface area contributed by atoms with Crippen LogP contribution in [0.5, 0.6) is 0 Å². The summed E-state index contributed by atoms with van der Waals surface area (Å²) in [6, 6.07) is 6.45. The summed E-state index contributed by atoms with van der Waals surface area (Å²) in [6.07, 6.45) is -4.73. The molecule has 0 saturated carbocycles. The molecule has 0 spiro atoms. The third-order valence-corrected chi connectivity index (χ3v) is 3.18. The van der Waals surface area contributed by atoms with Gasteiger partial charge in [-0.05, 0) is 25.5 Å². The number of carbonyl (C=O) groups is 1. The van der Waals surface area contributed by atoms with Gasteiger partial charge in [0.25, 0.3) is 5.91 Å². The maximum Gasteiger partial charge on any atom is 0.434 e. The summed E-state index contributed by atoms with van der Waals surface area (Å²) in [4.78, 5) is 12.0. The van der Waals surface area contributed by atoms with Gasteiger partial charge in [0.2, 0.25) is 0 Å². The average molecular weight is 327 g/mol. The third-order valence-electron chi connectivity index (χ3n) is 3.18. The standard InChI is InChI=1S/C15H16F3N3O2/c1-9-5-3-4-6-12(9)21-13(15(16,17)18)11(8-20-21)14(23)19-7-10(2)22/h3-6,8,10,22H,7H2,1-2H3,(H,19,23). The van der Waals surface area contributed by atoms with Gasteiger partial charge in [0.1, 0.15) is 0 Å². The van der Waals surface area contributed by atoms with Crippen LogP contribution in [0.1, 0.15) is 28.5 Å². The first kappa shape index (κ1) is 17.0. The second-order valence-electron chi connectivity index (χ2n) is 5.16. The van der Waals surface area contributed by atoms with Crippen molar-refractivity contribution < 1.29 is 23.1 Å². The number of aliphatic hydroxyl groups is 1. The Bertz CT molecular complexity index is 708. The van der Waals surface area contributed by atoms with Gasteiger partial charge in [-0.1, -0.05) is 18.2 Å². The van der Waals surface area contributed by atoms with Crippen molar-refractivity contribution in [2.24, 2.45) is 0 Å². The van der Waals surface area contributed by atoms with Gasteiger partial charge < -0.3 is 10.4 Å². The third kappa shape index (κ3) is 3.70. The Hall–Kier alpha value is -2.35. The van der Waals surface area contributed by atoms with Gasteiger partial charge in [0, 0.05) is 6.54 Å². The van der Waals surface area contributed by atoms with Crippen molar-refractivity contribution in [1.29, 1.82) is 0 Å². The molecule has 0 aliphatic carbocycles. The molecular weight excluding hydrogens is 311 g/mol. The predicted molar refractivity (Wildman–Crippen MR) is 77.3 cm³/mol. The number of amides is 1. The molecule has 5 nitrogen and oxygen atoms in total. The quantitative estimate of drug-likeness (QED) is 0.905. The van der Waals surface area contributed by atoms with Crippen molar-refractivity contribution in [3.05, 3.63) is 47.3 Å². The molecule has 0 saturated heterocycles. The van der Waals surface area contributed by atoms with Crippen LogP contribution < -0.4 is 5.32 Å². The van der Waals surface area contributed by atoms with Crippen LogP contribution in [0.15, 0.2) is 30.5 Å². The molecule has 0 aliphatic heterocycles. The van der Waals surface area contributed by atoms with Crippen LogP contribution in [0.25, 0.3) is 5.69 Å². The Morgan fingerprint density at radius 3 is 2.61 bits per heavy atom. The van der Waals surface area contributed by atoms with Gasteiger partial charge >= 0.3 is 6.18 Å². The number of aliphatic hydroxyl groups excluding tert-OH is 1. The van der Waals surface area contributed by atoms with Gasteiger partial charge in [0.15, 0.2) is 5.69 Å². The molecule has 8 heteroatoms. The average Bonchev–Trinajstić information content (AvgIpc) is 2.90. The topological polar surface area (TPSA) is 67.2 Å². The highest BCUT2D eigenvalue weighted by Crippen LogP contribution is 2.34. The van der Waals surface area contributed by atoms with E-state index in [4.69, 9.17) is 5.11 Å². The van der Waals surface area contributed by atoms with E-state index in [2.05, 4.69) is 10.4 Å². The minimum Gasteiger partial charge on any atom is -0.392 e. The molecule has 2 aromatic rings. The van der Waals surface area contributed by atoms with Gasteiger partial charge in [-0.15, -0.1) is 0 Å². The summed E-state index contributed by atoms with van der Waals surface area (Å²) in [5, 5.41) is 15.1. The zero-order valence-corrected chi connectivity index (χ0v) is 12.6. The fraction of sp³-hybridized carbons (Fsp3) is 0.333. The Morgan fingerprint density at radius 1 is 1.39 bits per heavy atom. The first-order chi connectivity index (χ1) is 10.7. The van der Waals surface area contributed by atoms with E-state index < -0.39 is 29.4 Å². The number of carbonyl (C=O) groups excluding carboxylic acids is 1. The van der Waals surface area contributed by atoms with Gasteiger partial charge in [0.05, 0.1) is 23.6 Å². The molecule has 0 fully saturated rings. The molecule has 1 aromatic heterocycles. The van der Waals surface area contributed by atoms with E-state index in [9.17, 15) is 18.0 Å². The zero-order valence-electron chi connectivity index (χ0n) is 12.6. The van der Waals surface area contributed by atoms with E-state index in [1.807, 2.05) is 0 Å². The van der Waals surface area contributed by atoms with Crippen molar-refractivity contribution in [2.45, 2.75) is 26.1 Å². The normalized spacial score (nSPS) is 13.0. The van der Waals surface area contributed by atoms with Crippen molar-refractivity contribution >= 4 is 5.91 Å². The summed E-state index contributed by atoms with van der Waals surface area (Å²) < 4.78 is 41.0. The van der Waals surface area contributed by atoms with Crippen LogP contribution in [0.3, 0.4) is 0 Å². The highest BCUT2D eigenvalue weighted by molar-refractivity contribution is 5.95. The minimum absolute atomic E-state index is 0.147. The van der Waals surface area contributed by atoms with E-state index in [1.54, 1.807) is 25.1 Å². The van der Waals surface area contributed by atoms with Crippen LogP contribution in [-0.2, 0) is 6.18 Å². The maximum atomic E-state index is 13.4. The van der Waals surface area contributed by atoms with Crippen molar-refractivity contribution in [2.75, 3.05) is 6.54 Å². The molecule has 1 unspecified atom stereocenters. The first-order valence-corrected chi connectivity index (χ1v) is 6.89. The largest absolute Gasteiger partial charge is 0.434 e. The lowest BCUT2D eigenvalue weighted by Crippen LogP contribution is -2.32. The molecule has 2 rings (SSSR count). The number of rotatable bonds is 4. The van der Waals surface area contributed by atoms with Gasteiger partial charge in [-0.3, -0.25) is 4.79 Å². The van der Waals surface area contributed by atoms with Crippen molar-refractivity contribution in [1.82, 2.24) is 15.1 Å². The van der Waals surface area contributed by atoms with Crippen molar-refractivity contribution in [3.63, 3.8) is 0 Å². The summed E-state index contributed by atoms with van der Waals surface area (Å²) in [5.74, 6) is -0.932. The van der Waals surface area contributed by atoms with Crippen LogP contribution >= 0.6 is 0 Å². The maximum absolute atomic E-state index is 13.4. The second-order valence-corrected chi connectivity index (χ2v) is 5.16. The number of hydrogen-bond donors (Lipinski definition) is 2. The molecule has 0 bridgehead atoms. The first-order valence-electron chi connectivity index (χ1n) is 6.89. The number of nitrogens with one attached hydrogen (secondary N) is 1. The number of hydrogen-bond acceptors (Lipinski definition) is 3. The highest BCUT2D eigenvalue weighted by Gasteiger charge is 2.40. The van der Waals surface area contributed by atoms with Crippen LogP contribution in [0.2, 0.25) is 0 Å². The minimum atomic E-state index is -4.75. The number of nitrogens with zero attached hydrogens (tertiary/aromatic N) is 2. The molecule has 1 amide bonds. The van der Waals surface area contributed by atoms with E-state index in [0.29, 0.717) is 10.2 Å². The zero-order chi connectivity index (χ0) is 17.2. The molecule has 2 N–H and O–H groups in total. The lowest BCUT2D eigenvalue weighted by atomic mass is 10.1. The summed E-state index contributed by atoms with van der Waals surface area (Å²) in [5.41, 5.74) is -0.886. The summed E-state index contributed by atoms with van der Waals surface area (Å²) in [7, 11) is 0. The van der Waals surface area contributed by atoms with E-state index in [0.717, 1.165) is 6.20 Å². The molecule has 1 aromatic carbocycles. The molecule has 23 heavy (non-hydrogen) atoms. The molecule has 0 aliphatic rings. The van der Waals surface area contributed by atoms with E-state index in [1.165, 1.54) is 13.0 Å². The number of benzene rings is 1. The van der Waals surface area contributed by atoms with Crippen LogP contribution in [0, 0.1) is 6.92 Å². The smallest absolute Gasteiger partial charge is 0.392 e. The molecule has 1 heterocycles. The van der Waals surface area contributed by atoms with Gasteiger partial charge in [-0.25, -0.2) is 4.68 Å². The number of halogens is 3. The van der Waals surface area contributed by atoms with E-state index in [-0.39, 0.29) is 12.2 Å². The Morgan fingerprint density at radius 2 is 2.04 bits per heavy atom.